The first-order chi connectivity index (χ1) is 9.15. The Bertz CT molecular complexity index is 453. The van der Waals surface area contributed by atoms with E-state index in [2.05, 4.69) is 6.92 Å². The van der Waals surface area contributed by atoms with Crippen LogP contribution >= 0.6 is 11.8 Å². The highest BCUT2D eigenvalue weighted by atomic mass is 32.2. The largest absolute Gasteiger partial charge is 0.496 e. The maximum atomic E-state index is 12.5. The highest BCUT2D eigenvalue weighted by Crippen LogP contribution is 2.27. The Balaban J connectivity index is 2.18. The van der Waals surface area contributed by atoms with Crippen molar-refractivity contribution in [3.8, 4) is 5.75 Å². The summed E-state index contributed by atoms with van der Waals surface area (Å²) in [4.78, 5) is 15.6. The minimum atomic E-state index is 0.0939. The van der Waals surface area contributed by atoms with Crippen LogP contribution in [0, 0.1) is 5.92 Å². The van der Waals surface area contributed by atoms with Gasteiger partial charge in [0.05, 0.1) is 12.7 Å². The molecule has 19 heavy (non-hydrogen) atoms. The molecule has 0 aliphatic carbocycles. The van der Waals surface area contributed by atoms with Crippen molar-refractivity contribution >= 4 is 17.7 Å². The number of carbonyl (C=O) groups excluding carboxylic acids is 1. The molecule has 1 heterocycles. The fraction of sp³-hybridized carbons (Fsp3) is 0.533. The average molecular weight is 279 g/mol. The second-order valence-electron chi connectivity index (χ2n) is 5.04. The van der Waals surface area contributed by atoms with Crippen molar-refractivity contribution in [1.29, 1.82) is 0 Å². The monoisotopic (exact) mass is 279 g/mol. The maximum Gasteiger partial charge on any atom is 0.257 e. The van der Waals surface area contributed by atoms with Gasteiger partial charge < -0.3 is 9.64 Å². The summed E-state index contributed by atoms with van der Waals surface area (Å²) in [5, 5.41) is 0. The average Bonchev–Trinajstić information content (AvgIpc) is 2.46. The summed E-state index contributed by atoms with van der Waals surface area (Å²) in [6, 6.07) is 5.79. The summed E-state index contributed by atoms with van der Waals surface area (Å²) in [7, 11) is 1.62. The number of nitrogens with zero attached hydrogens (tertiary/aromatic N) is 1. The van der Waals surface area contributed by atoms with Gasteiger partial charge in [-0.25, -0.2) is 0 Å². The topological polar surface area (TPSA) is 29.5 Å². The van der Waals surface area contributed by atoms with E-state index in [-0.39, 0.29) is 5.91 Å². The van der Waals surface area contributed by atoms with Gasteiger partial charge in [0.1, 0.15) is 5.75 Å². The normalized spacial score (nSPS) is 16.5. The number of amides is 1. The van der Waals surface area contributed by atoms with E-state index in [1.165, 1.54) is 0 Å². The van der Waals surface area contributed by atoms with Gasteiger partial charge in [0, 0.05) is 18.0 Å². The molecule has 1 amide bonds. The zero-order valence-corrected chi connectivity index (χ0v) is 12.6. The predicted molar refractivity (Wildman–Crippen MR) is 79.1 cm³/mol. The summed E-state index contributed by atoms with van der Waals surface area (Å²) in [5.41, 5.74) is 0.676. The second-order valence-corrected chi connectivity index (χ2v) is 5.92. The zero-order chi connectivity index (χ0) is 13.8. The SMILES string of the molecule is COc1cc(SC)ccc1C(=O)N1CCC(C)CC1. The van der Waals surface area contributed by atoms with E-state index in [9.17, 15) is 4.79 Å². The molecule has 1 saturated heterocycles. The molecular formula is C15H21NO2S. The number of thioether (sulfide) groups is 1. The number of rotatable bonds is 3. The van der Waals surface area contributed by atoms with Crippen LogP contribution in [0.2, 0.25) is 0 Å². The van der Waals surface area contributed by atoms with Gasteiger partial charge in [-0.15, -0.1) is 11.8 Å². The van der Waals surface area contributed by atoms with Gasteiger partial charge in [-0.05, 0) is 43.2 Å². The van der Waals surface area contributed by atoms with Crippen LogP contribution in [0.1, 0.15) is 30.1 Å². The van der Waals surface area contributed by atoms with Crippen molar-refractivity contribution in [2.24, 2.45) is 5.92 Å². The van der Waals surface area contributed by atoms with Crippen LogP contribution in [-0.4, -0.2) is 37.3 Å². The number of carbonyl (C=O) groups is 1. The number of hydrogen-bond donors (Lipinski definition) is 0. The van der Waals surface area contributed by atoms with Crippen LogP contribution in [-0.2, 0) is 0 Å². The van der Waals surface area contributed by atoms with E-state index in [0.717, 1.165) is 36.7 Å². The van der Waals surface area contributed by atoms with Gasteiger partial charge in [0.2, 0.25) is 0 Å². The molecule has 1 aliphatic heterocycles. The molecule has 0 saturated carbocycles. The Morgan fingerprint density at radius 2 is 2.05 bits per heavy atom. The number of likely N-dealkylation sites (tertiary alicyclic amines) is 1. The third-order valence-corrected chi connectivity index (χ3v) is 4.44. The Morgan fingerprint density at radius 1 is 1.37 bits per heavy atom. The van der Waals surface area contributed by atoms with Crippen molar-refractivity contribution in [1.82, 2.24) is 4.90 Å². The molecule has 1 fully saturated rings. The third-order valence-electron chi connectivity index (χ3n) is 3.71. The molecule has 0 bridgehead atoms. The molecule has 1 aromatic rings. The first kappa shape index (κ1) is 14.3. The summed E-state index contributed by atoms with van der Waals surface area (Å²) in [5.74, 6) is 1.50. The van der Waals surface area contributed by atoms with Crippen molar-refractivity contribution in [2.75, 3.05) is 26.5 Å². The van der Waals surface area contributed by atoms with E-state index in [1.807, 2.05) is 29.4 Å². The fourth-order valence-electron chi connectivity index (χ4n) is 2.36. The quantitative estimate of drug-likeness (QED) is 0.795. The molecule has 104 valence electrons. The van der Waals surface area contributed by atoms with Gasteiger partial charge in [-0.1, -0.05) is 6.92 Å². The maximum absolute atomic E-state index is 12.5. The molecule has 1 aromatic carbocycles. The Morgan fingerprint density at radius 3 is 2.63 bits per heavy atom. The molecule has 0 spiro atoms. The molecule has 0 unspecified atom stereocenters. The summed E-state index contributed by atoms with van der Waals surface area (Å²) < 4.78 is 5.36. The van der Waals surface area contributed by atoms with Crippen molar-refractivity contribution < 1.29 is 9.53 Å². The van der Waals surface area contributed by atoms with Gasteiger partial charge in [0.25, 0.3) is 5.91 Å². The van der Waals surface area contributed by atoms with E-state index in [0.29, 0.717) is 11.3 Å². The molecule has 0 atom stereocenters. The molecule has 4 heteroatoms. The van der Waals surface area contributed by atoms with Gasteiger partial charge in [0.15, 0.2) is 0 Å². The number of piperidine rings is 1. The molecule has 2 rings (SSSR count). The van der Waals surface area contributed by atoms with Crippen LogP contribution in [0.4, 0.5) is 0 Å². The Kier molecular flexibility index (Phi) is 4.75. The minimum Gasteiger partial charge on any atom is -0.496 e. The lowest BCUT2D eigenvalue weighted by atomic mass is 9.98. The van der Waals surface area contributed by atoms with Gasteiger partial charge in [-0.2, -0.15) is 0 Å². The predicted octanol–water partition coefficient (Wildman–Crippen LogP) is 3.29. The molecule has 1 aliphatic rings. The van der Waals surface area contributed by atoms with E-state index < -0.39 is 0 Å². The number of benzene rings is 1. The van der Waals surface area contributed by atoms with Gasteiger partial charge >= 0.3 is 0 Å². The van der Waals surface area contributed by atoms with Crippen LogP contribution in [0.5, 0.6) is 5.75 Å². The molecule has 0 aromatic heterocycles. The smallest absolute Gasteiger partial charge is 0.257 e. The number of ether oxygens (including phenoxy) is 1. The van der Waals surface area contributed by atoms with Crippen LogP contribution in [0.25, 0.3) is 0 Å². The minimum absolute atomic E-state index is 0.0939. The van der Waals surface area contributed by atoms with Gasteiger partial charge in [-0.3, -0.25) is 4.79 Å². The molecule has 0 radical (unpaired) electrons. The molecule has 0 N–H and O–H groups in total. The van der Waals surface area contributed by atoms with Crippen molar-refractivity contribution in [2.45, 2.75) is 24.7 Å². The lowest BCUT2D eigenvalue weighted by Gasteiger charge is -2.30. The van der Waals surface area contributed by atoms with E-state index in [1.54, 1.807) is 18.9 Å². The lowest BCUT2D eigenvalue weighted by Crippen LogP contribution is -2.38. The Labute approximate surface area is 119 Å². The highest BCUT2D eigenvalue weighted by molar-refractivity contribution is 7.98. The first-order valence-electron chi connectivity index (χ1n) is 6.67. The van der Waals surface area contributed by atoms with Crippen LogP contribution in [0.15, 0.2) is 23.1 Å². The number of methoxy groups -OCH3 is 1. The van der Waals surface area contributed by atoms with Crippen molar-refractivity contribution in [3.05, 3.63) is 23.8 Å². The van der Waals surface area contributed by atoms with Crippen LogP contribution in [0.3, 0.4) is 0 Å². The Hall–Kier alpha value is -1.16. The first-order valence-corrected chi connectivity index (χ1v) is 7.89. The summed E-state index contributed by atoms with van der Waals surface area (Å²) in [6.45, 7) is 3.95. The van der Waals surface area contributed by atoms with E-state index in [4.69, 9.17) is 4.74 Å². The molecular weight excluding hydrogens is 258 g/mol. The lowest BCUT2D eigenvalue weighted by molar-refractivity contribution is 0.0694. The summed E-state index contributed by atoms with van der Waals surface area (Å²) >= 11 is 1.65. The standard InChI is InChI=1S/C15H21NO2S/c1-11-6-8-16(9-7-11)15(17)13-5-4-12(19-3)10-14(13)18-2/h4-5,10-11H,6-9H2,1-3H3. The second kappa shape index (κ2) is 6.33. The fourth-order valence-corrected chi connectivity index (χ4v) is 2.79. The zero-order valence-electron chi connectivity index (χ0n) is 11.8. The van der Waals surface area contributed by atoms with Crippen molar-refractivity contribution in [3.63, 3.8) is 0 Å². The molecule has 3 nitrogen and oxygen atoms in total. The van der Waals surface area contributed by atoms with Crippen LogP contribution < -0.4 is 4.74 Å². The highest BCUT2D eigenvalue weighted by Gasteiger charge is 2.23. The van der Waals surface area contributed by atoms with E-state index >= 15 is 0 Å². The summed E-state index contributed by atoms with van der Waals surface area (Å²) in [6.07, 6.45) is 4.20. The third kappa shape index (κ3) is 3.24. The number of hydrogen-bond acceptors (Lipinski definition) is 3.